The summed E-state index contributed by atoms with van der Waals surface area (Å²) in [5.41, 5.74) is 2.12. The smallest absolute Gasteiger partial charge is 0.241 e. The number of piperazine rings is 1. The first-order chi connectivity index (χ1) is 15.3. The molecular formula is C23H28N6O2. The normalized spacial score (nSPS) is 17.3. The highest BCUT2D eigenvalue weighted by atomic mass is 16.5. The molecular weight excluding hydrogens is 392 g/mol. The second-order valence-electron chi connectivity index (χ2n) is 8.07. The molecule has 2 aliphatic heterocycles. The molecule has 2 aromatic heterocycles. The highest BCUT2D eigenvalue weighted by Crippen LogP contribution is 2.23. The van der Waals surface area contributed by atoms with Crippen LogP contribution in [-0.4, -0.2) is 66.4 Å². The standard InChI is InChI=1S/C23H28N6O2/c1-30-20-7-5-19(6-8-20)28-14-12-27(13-15-28)17-22-25-23(26-31-22)18-4-9-21(24-16-18)29-10-2-3-11-29/h4-9,16H,2-3,10-15,17H2,1H3. The van der Waals surface area contributed by atoms with Gasteiger partial charge in [0.05, 0.1) is 13.7 Å². The van der Waals surface area contributed by atoms with Crippen molar-refractivity contribution in [2.45, 2.75) is 19.4 Å². The van der Waals surface area contributed by atoms with Crippen LogP contribution in [0, 0.1) is 0 Å². The summed E-state index contributed by atoms with van der Waals surface area (Å²) in [5.74, 6) is 3.17. The van der Waals surface area contributed by atoms with Crippen molar-refractivity contribution in [3.63, 3.8) is 0 Å². The van der Waals surface area contributed by atoms with Gasteiger partial charge >= 0.3 is 0 Å². The van der Waals surface area contributed by atoms with E-state index >= 15 is 0 Å². The highest BCUT2D eigenvalue weighted by molar-refractivity contribution is 5.56. The number of pyridine rings is 1. The van der Waals surface area contributed by atoms with Crippen molar-refractivity contribution in [2.24, 2.45) is 0 Å². The van der Waals surface area contributed by atoms with Gasteiger partial charge in [-0.25, -0.2) is 4.98 Å². The van der Waals surface area contributed by atoms with Gasteiger partial charge in [0.1, 0.15) is 11.6 Å². The number of ether oxygens (including phenoxy) is 1. The van der Waals surface area contributed by atoms with Gasteiger partial charge in [-0.3, -0.25) is 4.90 Å². The zero-order valence-electron chi connectivity index (χ0n) is 17.9. The van der Waals surface area contributed by atoms with E-state index in [2.05, 4.69) is 48.0 Å². The molecule has 2 aliphatic rings. The minimum Gasteiger partial charge on any atom is -0.497 e. The Bertz CT molecular complexity index is 974. The number of aromatic nitrogens is 3. The highest BCUT2D eigenvalue weighted by Gasteiger charge is 2.20. The summed E-state index contributed by atoms with van der Waals surface area (Å²) < 4.78 is 10.8. The summed E-state index contributed by atoms with van der Waals surface area (Å²) in [7, 11) is 1.69. The average Bonchev–Trinajstić information content (AvgIpc) is 3.53. The van der Waals surface area contributed by atoms with Gasteiger partial charge in [-0.1, -0.05) is 5.16 Å². The van der Waals surface area contributed by atoms with Gasteiger partial charge in [-0.15, -0.1) is 0 Å². The number of rotatable bonds is 6. The number of methoxy groups -OCH3 is 1. The van der Waals surface area contributed by atoms with Crippen LogP contribution < -0.4 is 14.5 Å². The van der Waals surface area contributed by atoms with Crippen LogP contribution in [0.2, 0.25) is 0 Å². The first-order valence-corrected chi connectivity index (χ1v) is 10.9. The van der Waals surface area contributed by atoms with E-state index in [9.17, 15) is 0 Å². The van der Waals surface area contributed by atoms with Crippen LogP contribution in [0.25, 0.3) is 11.4 Å². The van der Waals surface area contributed by atoms with E-state index < -0.39 is 0 Å². The Kier molecular flexibility index (Phi) is 5.71. The van der Waals surface area contributed by atoms with Gasteiger partial charge in [0.2, 0.25) is 11.7 Å². The molecule has 8 nitrogen and oxygen atoms in total. The van der Waals surface area contributed by atoms with Crippen molar-refractivity contribution in [2.75, 3.05) is 56.2 Å². The second kappa shape index (κ2) is 8.93. The lowest BCUT2D eigenvalue weighted by molar-refractivity contribution is 0.215. The molecule has 0 aliphatic carbocycles. The zero-order chi connectivity index (χ0) is 21.0. The fraction of sp³-hybridized carbons (Fsp3) is 0.435. The van der Waals surface area contributed by atoms with Gasteiger partial charge in [-0.05, 0) is 49.2 Å². The lowest BCUT2D eigenvalue weighted by Gasteiger charge is -2.35. The van der Waals surface area contributed by atoms with E-state index in [1.807, 2.05) is 24.4 Å². The number of hydrogen-bond donors (Lipinski definition) is 0. The van der Waals surface area contributed by atoms with Crippen molar-refractivity contribution in [3.8, 4) is 17.1 Å². The molecule has 2 fully saturated rings. The molecule has 0 amide bonds. The molecule has 4 heterocycles. The quantitative estimate of drug-likeness (QED) is 0.603. The van der Waals surface area contributed by atoms with Gasteiger partial charge < -0.3 is 19.1 Å². The van der Waals surface area contributed by atoms with Gasteiger partial charge in [0.25, 0.3) is 0 Å². The van der Waals surface area contributed by atoms with E-state index in [0.717, 1.165) is 56.4 Å². The van der Waals surface area contributed by atoms with Crippen LogP contribution in [0.3, 0.4) is 0 Å². The van der Waals surface area contributed by atoms with Gasteiger partial charge in [0, 0.05) is 56.7 Å². The van der Waals surface area contributed by atoms with E-state index in [0.29, 0.717) is 18.3 Å². The lowest BCUT2D eigenvalue weighted by Crippen LogP contribution is -2.46. The van der Waals surface area contributed by atoms with Gasteiger partial charge in [0.15, 0.2) is 0 Å². The fourth-order valence-electron chi connectivity index (χ4n) is 4.24. The van der Waals surface area contributed by atoms with Crippen LogP contribution in [-0.2, 0) is 6.54 Å². The molecule has 0 radical (unpaired) electrons. The molecule has 0 N–H and O–H groups in total. The molecule has 162 valence electrons. The summed E-state index contributed by atoms with van der Waals surface area (Å²) >= 11 is 0. The molecule has 0 saturated carbocycles. The molecule has 0 atom stereocenters. The summed E-state index contributed by atoms with van der Waals surface area (Å²) in [5, 5.41) is 4.17. The minimum absolute atomic E-state index is 0.604. The third kappa shape index (κ3) is 4.49. The first-order valence-electron chi connectivity index (χ1n) is 10.9. The van der Waals surface area contributed by atoms with Crippen molar-refractivity contribution in [1.82, 2.24) is 20.0 Å². The lowest BCUT2D eigenvalue weighted by atomic mass is 10.2. The molecule has 1 aromatic carbocycles. The molecule has 0 spiro atoms. The van der Waals surface area contributed by atoms with E-state index in [4.69, 9.17) is 9.26 Å². The Balaban J connectivity index is 1.16. The summed E-state index contributed by atoms with van der Waals surface area (Å²) in [6.45, 7) is 6.69. The maximum atomic E-state index is 5.52. The molecule has 8 heteroatoms. The van der Waals surface area contributed by atoms with Crippen molar-refractivity contribution < 1.29 is 9.26 Å². The number of anilines is 2. The Morgan fingerprint density at radius 2 is 1.68 bits per heavy atom. The molecule has 0 unspecified atom stereocenters. The number of hydrogen-bond acceptors (Lipinski definition) is 8. The SMILES string of the molecule is COc1ccc(N2CCN(Cc3nc(-c4ccc(N5CCCC5)nc4)no3)CC2)cc1. The van der Waals surface area contributed by atoms with Crippen molar-refractivity contribution >= 4 is 11.5 Å². The Morgan fingerprint density at radius 1 is 0.903 bits per heavy atom. The van der Waals surface area contributed by atoms with Crippen LogP contribution >= 0.6 is 0 Å². The summed E-state index contributed by atoms with van der Waals surface area (Å²) in [6, 6.07) is 12.3. The summed E-state index contributed by atoms with van der Waals surface area (Å²) in [4.78, 5) is 16.2. The molecule has 31 heavy (non-hydrogen) atoms. The largest absolute Gasteiger partial charge is 0.497 e. The average molecular weight is 421 g/mol. The van der Waals surface area contributed by atoms with Crippen LogP contribution in [0.5, 0.6) is 5.75 Å². The topological polar surface area (TPSA) is 70.8 Å². The van der Waals surface area contributed by atoms with Gasteiger partial charge in [-0.2, -0.15) is 4.98 Å². The van der Waals surface area contributed by atoms with Crippen LogP contribution in [0.15, 0.2) is 47.1 Å². The Morgan fingerprint density at radius 3 is 2.35 bits per heavy atom. The molecule has 2 saturated heterocycles. The second-order valence-corrected chi connectivity index (χ2v) is 8.07. The number of nitrogens with zero attached hydrogens (tertiary/aromatic N) is 6. The monoisotopic (exact) mass is 420 g/mol. The van der Waals surface area contributed by atoms with E-state index in [-0.39, 0.29) is 0 Å². The summed E-state index contributed by atoms with van der Waals surface area (Å²) in [6.07, 6.45) is 4.33. The Hall–Kier alpha value is -3.13. The third-order valence-electron chi connectivity index (χ3n) is 6.07. The third-order valence-corrected chi connectivity index (χ3v) is 6.07. The van der Waals surface area contributed by atoms with Crippen molar-refractivity contribution in [3.05, 3.63) is 48.5 Å². The Labute approximate surface area is 182 Å². The van der Waals surface area contributed by atoms with E-state index in [1.165, 1.54) is 18.5 Å². The minimum atomic E-state index is 0.604. The van der Waals surface area contributed by atoms with Crippen LogP contribution in [0.4, 0.5) is 11.5 Å². The zero-order valence-corrected chi connectivity index (χ0v) is 17.9. The van der Waals surface area contributed by atoms with E-state index in [1.54, 1.807) is 7.11 Å². The van der Waals surface area contributed by atoms with Crippen molar-refractivity contribution in [1.29, 1.82) is 0 Å². The predicted octanol–water partition coefficient (Wildman–Crippen LogP) is 3.06. The first kappa shape index (κ1) is 19.8. The molecule has 0 bridgehead atoms. The predicted molar refractivity (Wildman–Crippen MR) is 119 cm³/mol. The molecule has 3 aromatic rings. The number of benzene rings is 1. The fourth-order valence-corrected chi connectivity index (χ4v) is 4.24. The van der Waals surface area contributed by atoms with Crippen LogP contribution in [0.1, 0.15) is 18.7 Å². The maximum absolute atomic E-state index is 5.52. The maximum Gasteiger partial charge on any atom is 0.241 e. The molecule has 5 rings (SSSR count).